The average Bonchev–Trinajstić information content (AvgIpc) is 3.06. The first-order chi connectivity index (χ1) is 14.1. The Morgan fingerprint density at radius 3 is 2.67 bits per heavy atom. The normalized spacial score (nSPS) is 15.0. The van der Waals surface area contributed by atoms with Crippen molar-refractivity contribution in [2.24, 2.45) is 12.0 Å². The minimum absolute atomic E-state index is 0. The zero-order valence-corrected chi connectivity index (χ0v) is 19.9. The lowest BCUT2D eigenvalue weighted by molar-refractivity contribution is 0.0376. The van der Waals surface area contributed by atoms with Gasteiger partial charge in [0.15, 0.2) is 11.8 Å². The van der Waals surface area contributed by atoms with Gasteiger partial charge in [-0.2, -0.15) is 0 Å². The third kappa shape index (κ3) is 7.47. The molecule has 0 bridgehead atoms. The molecule has 0 saturated carbocycles. The second-order valence-electron chi connectivity index (χ2n) is 7.07. The molecule has 0 amide bonds. The van der Waals surface area contributed by atoms with E-state index in [1.165, 1.54) is 6.07 Å². The van der Waals surface area contributed by atoms with E-state index in [-0.39, 0.29) is 36.3 Å². The highest BCUT2D eigenvalue weighted by Crippen LogP contribution is 2.07. The van der Waals surface area contributed by atoms with E-state index in [0.29, 0.717) is 18.1 Å². The minimum atomic E-state index is -0.244. The summed E-state index contributed by atoms with van der Waals surface area (Å²) < 4.78 is 21.2. The quantitative estimate of drug-likeness (QED) is 0.234. The number of nitrogens with zero attached hydrogens (tertiary/aromatic N) is 5. The fourth-order valence-electron chi connectivity index (χ4n) is 3.07. The van der Waals surface area contributed by atoms with Crippen molar-refractivity contribution in [1.29, 1.82) is 0 Å². The molecule has 1 aliphatic rings. The first kappa shape index (κ1) is 24.5. The van der Waals surface area contributed by atoms with Gasteiger partial charge in [-0.25, -0.2) is 9.38 Å². The molecule has 0 atom stereocenters. The van der Waals surface area contributed by atoms with Crippen LogP contribution in [0.5, 0.6) is 0 Å². The van der Waals surface area contributed by atoms with Crippen LogP contribution < -0.4 is 10.6 Å². The van der Waals surface area contributed by atoms with Gasteiger partial charge in [-0.05, 0) is 26.0 Å². The fourth-order valence-corrected chi connectivity index (χ4v) is 3.07. The van der Waals surface area contributed by atoms with Crippen molar-refractivity contribution in [3.63, 3.8) is 0 Å². The Morgan fingerprint density at radius 2 is 1.97 bits per heavy atom. The zero-order valence-electron chi connectivity index (χ0n) is 17.6. The third-order valence-electron chi connectivity index (χ3n) is 5.01. The molecule has 0 unspecified atom stereocenters. The number of ether oxygens (including phenoxy) is 1. The maximum Gasteiger partial charge on any atom is 0.191 e. The summed E-state index contributed by atoms with van der Waals surface area (Å²) in [4.78, 5) is 6.95. The van der Waals surface area contributed by atoms with Crippen LogP contribution in [0, 0.1) is 12.7 Å². The number of nitrogens with one attached hydrogen (secondary N) is 2. The van der Waals surface area contributed by atoms with E-state index in [1.807, 2.05) is 24.6 Å². The Hall–Kier alpha value is -1.79. The number of rotatable bonds is 8. The van der Waals surface area contributed by atoms with Crippen LogP contribution in [-0.4, -0.2) is 65.0 Å². The lowest BCUT2D eigenvalue weighted by atomic mass is 10.2. The maximum absolute atomic E-state index is 13.9. The Morgan fingerprint density at radius 1 is 1.20 bits per heavy atom. The number of guanidine groups is 1. The number of hydrogen-bond acceptors (Lipinski definition) is 5. The molecule has 1 fully saturated rings. The van der Waals surface area contributed by atoms with Crippen molar-refractivity contribution in [1.82, 2.24) is 30.3 Å². The summed E-state index contributed by atoms with van der Waals surface area (Å²) in [5.74, 6) is 2.06. The SMILES string of the molecule is Cc1nnc(CNC(=NCc2ccccc2F)NCCCN2CCOCC2)n1C.I. The Labute approximate surface area is 194 Å². The van der Waals surface area contributed by atoms with E-state index in [2.05, 4.69) is 30.7 Å². The smallest absolute Gasteiger partial charge is 0.191 e. The van der Waals surface area contributed by atoms with Crippen LogP contribution in [0.1, 0.15) is 23.6 Å². The van der Waals surface area contributed by atoms with Gasteiger partial charge in [-0.15, -0.1) is 34.2 Å². The first-order valence-corrected chi connectivity index (χ1v) is 10.0. The van der Waals surface area contributed by atoms with Crippen LogP contribution in [0.15, 0.2) is 29.3 Å². The van der Waals surface area contributed by atoms with Gasteiger partial charge in [0.1, 0.15) is 11.6 Å². The average molecular weight is 531 g/mol. The molecular formula is C20H31FIN7O. The van der Waals surface area contributed by atoms with E-state index in [1.54, 1.807) is 12.1 Å². The molecule has 2 N–H and O–H groups in total. The summed E-state index contributed by atoms with van der Waals surface area (Å²) in [6.45, 7) is 8.04. The molecule has 0 radical (unpaired) electrons. The van der Waals surface area contributed by atoms with Gasteiger partial charge in [0, 0.05) is 32.2 Å². The Balaban J connectivity index is 0.00000320. The summed E-state index contributed by atoms with van der Waals surface area (Å²) in [6.07, 6.45) is 0.990. The predicted octanol–water partition coefficient (Wildman–Crippen LogP) is 1.84. The summed E-state index contributed by atoms with van der Waals surface area (Å²) in [5, 5.41) is 14.9. The molecule has 1 aromatic carbocycles. The third-order valence-corrected chi connectivity index (χ3v) is 5.01. The lowest BCUT2D eigenvalue weighted by Crippen LogP contribution is -2.40. The van der Waals surface area contributed by atoms with Crippen molar-refractivity contribution in [3.8, 4) is 0 Å². The fraction of sp³-hybridized carbons (Fsp3) is 0.550. The highest BCUT2D eigenvalue weighted by Gasteiger charge is 2.10. The van der Waals surface area contributed by atoms with E-state index >= 15 is 0 Å². The number of halogens is 2. The molecule has 1 saturated heterocycles. The molecule has 1 aliphatic heterocycles. The number of morpholine rings is 1. The van der Waals surface area contributed by atoms with Crippen LogP contribution in [0.4, 0.5) is 4.39 Å². The van der Waals surface area contributed by atoms with Crippen molar-refractivity contribution in [2.75, 3.05) is 39.4 Å². The standard InChI is InChI=1S/C20H30FN7O.HI/c1-16-25-26-19(27(16)2)15-24-20(23-14-17-6-3-4-7-18(17)21)22-8-5-9-28-10-12-29-13-11-28;/h3-4,6-7H,5,8-15H2,1-2H3,(H2,22,23,24);1H. The number of aliphatic imine (C=N–C) groups is 1. The monoisotopic (exact) mass is 531 g/mol. The van der Waals surface area contributed by atoms with Gasteiger partial charge in [-0.1, -0.05) is 18.2 Å². The van der Waals surface area contributed by atoms with Crippen LogP contribution in [-0.2, 0) is 24.9 Å². The van der Waals surface area contributed by atoms with Gasteiger partial charge in [0.25, 0.3) is 0 Å². The summed E-state index contributed by atoms with van der Waals surface area (Å²) >= 11 is 0. The van der Waals surface area contributed by atoms with Crippen molar-refractivity contribution in [2.45, 2.75) is 26.4 Å². The first-order valence-electron chi connectivity index (χ1n) is 10.0. The van der Waals surface area contributed by atoms with Crippen LogP contribution in [0.3, 0.4) is 0 Å². The molecule has 0 spiro atoms. The number of aromatic nitrogens is 3. The van der Waals surface area contributed by atoms with Gasteiger partial charge in [0.2, 0.25) is 0 Å². The van der Waals surface area contributed by atoms with E-state index in [9.17, 15) is 4.39 Å². The molecule has 2 heterocycles. The van der Waals surface area contributed by atoms with E-state index in [4.69, 9.17) is 4.74 Å². The summed E-state index contributed by atoms with van der Waals surface area (Å²) in [5.41, 5.74) is 0.566. The lowest BCUT2D eigenvalue weighted by Gasteiger charge is -2.26. The van der Waals surface area contributed by atoms with Gasteiger partial charge in [0.05, 0.1) is 26.3 Å². The van der Waals surface area contributed by atoms with Crippen LogP contribution >= 0.6 is 24.0 Å². The maximum atomic E-state index is 13.9. The number of benzene rings is 1. The molecule has 30 heavy (non-hydrogen) atoms. The van der Waals surface area contributed by atoms with Crippen molar-refractivity contribution >= 4 is 29.9 Å². The topological polar surface area (TPSA) is 79.6 Å². The van der Waals surface area contributed by atoms with Crippen LogP contribution in [0.2, 0.25) is 0 Å². The molecular weight excluding hydrogens is 500 g/mol. The molecule has 166 valence electrons. The van der Waals surface area contributed by atoms with Crippen molar-refractivity contribution < 1.29 is 9.13 Å². The van der Waals surface area contributed by atoms with Crippen LogP contribution in [0.25, 0.3) is 0 Å². The molecule has 8 nitrogen and oxygen atoms in total. The largest absolute Gasteiger partial charge is 0.379 e. The molecule has 10 heteroatoms. The summed E-state index contributed by atoms with van der Waals surface area (Å²) in [7, 11) is 1.93. The number of aryl methyl sites for hydroxylation is 1. The van der Waals surface area contributed by atoms with Gasteiger partial charge < -0.3 is 19.9 Å². The minimum Gasteiger partial charge on any atom is -0.379 e. The van der Waals surface area contributed by atoms with Crippen molar-refractivity contribution in [3.05, 3.63) is 47.3 Å². The molecule has 3 rings (SSSR count). The Bertz CT molecular complexity index is 808. The van der Waals surface area contributed by atoms with Gasteiger partial charge in [-0.3, -0.25) is 4.90 Å². The second kappa shape index (κ2) is 12.8. The van der Waals surface area contributed by atoms with E-state index in [0.717, 1.165) is 57.5 Å². The number of hydrogen-bond donors (Lipinski definition) is 2. The van der Waals surface area contributed by atoms with Gasteiger partial charge >= 0.3 is 0 Å². The molecule has 1 aromatic heterocycles. The Kier molecular flexibility index (Phi) is 10.4. The second-order valence-corrected chi connectivity index (χ2v) is 7.07. The molecule has 0 aliphatic carbocycles. The molecule has 2 aromatic rings. The van der Waals surface area contributed by atoms with E-state index < -0.39 is 0 Å². The zero-order chi connectivity index (χ0) is 20.5. The predicted molar refractivity (Wildman–Crippen MR) is 125 cm³/mol. The highest BCUT2D eigenvalue weighted by molar-refractivity contribution is 14.0. The highest BCUT2D eigenvalue weighted by atomic mass is 127. The summed E-state index contributed by atoms with van der Waals surface area (Å²) in [6, 6.07) is 6.71.